The number of hydrogen-bond donors (Lipinski definition) is 2. The Kier molecular flexibility index (Phi) is 3.57. The average Bonchev–Trinajstić information content (AvgIpc) is 2.38. The van der Waals surface area contributed by atoms with Gasteiger partial charge in [0.2, 0.25) is 0 Å². The number of phenolic OH excluding ortho intramolecular Hbond substituents is 1. The Hall–Kier alpha value is -2.36. The third kappa shape index (κ3) is 2.85. The molecule has 94 valence electrons. The Morgan fingerprint density at radius 2 is 1.72 bits per heavy atom. The first kappa shape index (κ1) is 12.1. The van der Waals surface area contributed by atoms with Crippen LogP contribution in [0.15, 0.2) is 42.5 Å². The second-order valence-corrected chi connectivity index (χ2v) is 3.85. The fraction of sp³-hybridized carbons (Fsp3) is 0.143. The first-order valence-electron chi connectivity index (χ1n) is 5.53. The summed E-state index contributed by atoms with van der Waals surface area (Å²) in [5.41, 5.74) is 7.13. The lowest BCUT2D eigenvalue weighted by Crippen LogP contribution is -1.99. The zero-order valence-corrected chi connectivity index (χ0v) is 10.1. The quantitative estimate of drug-likeness (QED) is 0.812. The molecular formula is C14H15NO3. The molecule has 0 atom stereocenters. The normalized spacial score (nSPS) is 10.1. The second-order valence-electron chi connectivity index (χ2n) is 3.85. The van der Waals surface area contributed by atoms with Crippen molar-refractivity contribution in [2.75, 3.05) is 12.8 Å². The van der Waals surface area contributed by atoms with Crippen molar-refractivity contribution in [2.45, 2.75) is 6.61 Å². The lowest BCUT2D eigenvalue weighted by atomic mass is 10.2. The van der Waals surface area contributed by atoms with Crippen LogP contribution >= 0.6 is 0 Å². The van der Waals surface area contributed by atoms with Crippen molar-refractivity contribution in [3.05, 3.63) is 48.0 Å². The van der Waals surface area contributed by atoms with E-state index in [0.717, 1.165) is 17.1 Å². The number of rotatable bonds is 4. The minimum absolute atomic E-state index is 0.153. The van der Waals surface area contributed by atoms with Crippen LogP contribution in [0.3, 0.4) is 0 Å². The fourth-order valence-electron chi connectivity index (χ4n) is 1.55. The highest BCUT2D eigenvalue weighted by Gasteiger charge is 2.02. The van der Waals surface area contributed by atoms with E-state index in [2.05, 4.69) is 0 Å². The molecule has 4 nitrogen and oxygen atoms in total. The van der Waals surface area contributed by atoms with E-state index in [-0.39, 0.29) is 5.75 Å². The molecule has 3 N–H and O–H groups in total. The lowest BCUT2D eigenvalue weighted by Gasteiger charge is -2.09. The van der Waals surface area contributed by atoms with Crippen molar-refractivity contribution in [3.8, 4) is 17.2 Å². The Morgan fingerprint density at radius 3 is 2.33 bits per heavy atom. The van der Waals surface area contributed by atoms with Crippen molar-refractivity contribution >= 4 is 5.69 Å². The van der Waals surface area contributed by atoms with Gasteiger partial charge in [-0.25, -0.2) is 0 Å². The summed E-state index contributed by atoms with van der Waals surface area (Å²) in [7, 11) is 1.62. The number of aromatic hydroxyl groups is 1. The molecule has 2 aromatic carbocycles. The number of hydrogen-bond acceptors (Lipinski definition) is 4. The van der Waals surface area contributed by atoms with Gasteiger partial charge in [-0.15, -0.1) is 0 Å². The van der Waals surface area contributed by atoms with Gasteiger partial charge in [-0.05, 0) is 36.4 Å². The van der Waals surface area contributed by atoms with Crippen LogP contribution in [0.2, 0.25) is 0 Å². The van der Waals surface area contributed by atoms with Crippen molar-refractivity contribution in [2.24, 2.45) is 0 Å². The molecule has 0 aliphatic heterocycles. The summed E-state index contributed by atoms with van der Waals surface area (Å²) in [6, 6.07) is 12.2. The van der Waals surface area contributed by atoms with Gasteiger partial charge in [-0.2, -0.15) is 0 Å². The predicted octanol–water partition coefficient (Wildman–Crippen LogP) is 2.56. The number of methoxy groups -OCH3 is 1. The molecule has 18 heavy (non-hydrogen) atoms. The van der Waals surface area contributed by atoms with Gasteiger partial charge in [0.15, 0.2) is 0 Å². The Labute approximate surface area is 106 Å². The van der Waals surface area contributed by atoms with E-state index in [0.29, 0.717) is 12.3 Å². The number of phenols is 1. The fourth-order valence-corrected chi connectivity index (χ4v) is 1.55. The number of anilines is 1. The van der Waals surface area contributed by atoms with Gasteiger partial charge in [0.1, 0.15) is 23.9 Å². The zero-order valence-electron chi connectivity index (χ0n) is 10.1. The SMILES string of the molecule is COc1ccc(OCc2ccc(O)cc2N)cc1. The zero-order chi connectivity index (χ0) is 13.0. The standard InChI is InChI=1S/C14H15NO3/c1-17-12-4-6-13(7-5-12)18-9-10-2-3-11(16)8-14(10)15/h2-8,16H,9,15H2,1H3. The predicted molar refractivity (Wildman–Crippen MR) is 69.8 cm³/mol. The van der Waals surface area contributed by atoms with Crippen LogP contribution < -0.4 is 15.2 Å². The molecule has 2 aromatic rings. The van der Waals surface area contributed by atoms with E-state index in [1.807, 2.05) is 24.3 Å². The molecule has 0 aromatic heterocycles. The summed E-state index contributed by atoms with van der Waals surface area (Å²) in [6.45, 7) is 0.360. The molecule has 0 bridgehead atoms. The molecule has 4 heteroatoms. The smallest absolute Gasteiger partial charge is 0.120 e. The molecule has 0 radical (unpaired) electrons. The lowest BCUT2D eigenvalue weighted by molar-refractivity contribution is 0.306. The van der Waals surface area contributed by atoms with Gasteiger partial charge in [0.25, 0.3) is 0 Å². The Morgan fingerprint density at radius 1 is 1.06 bits per heavy atom. The maximum Gasteiger partial charge on any atom is 0.120 e. The van der Waals surface area contributed by atoms with Crippen LogP contribution in [0.5, 0.6) is 17.2 Å². The summed E-state index contributed by atoms with van der Waals surface area (Å²) in [4.78, 5) is 0. The topological polar surface area (TPSA) is 64.7 Å². The number of nitrogen functional groups attached to an aromatic ring is 1. The highest BCUT2D eigenvalue weighted by Crippen LogP contribution is 2.22. The molecule has 0 aliphatic rings. The molecule has 0 saturated carbocycles. The maximum atomic E-state index is 9.25. The number of nitrogens with two attached hydrogens (primary N) is 1. The van der Waals surface area contributed by atoms with E-state index in [9.17, 15) is 5.11 Å². The van der Waals surface area contributed by atoms with Crippen LogP contribution in [0.1, 0.15) is 5.56 Å². The van der Waals surface area contributed by atoms with E-state index in [4.69, 9.17) is 15.2 Å². The molecule has 0 aliphatic carbocycles. The molecule has 0 unspecified atom stereocenters. The van der Waals surface area contributed by atoms with Crippen LogP contribution in [-0.2, 0) is 6.61 Å². The van der Waals surface area contributed by atoms with Crippen molar-refractivity contribution < 1.29 is 14.6 Å². The third-order valence-corrected chi connectivity index (χ3v) is 2.58. The third-order valence-electron chi connectivity index (χ3n) is 2.58. The number of ether oxygens (including phenoxy) is 2. The molecule has 2 rings (SSSR count). The van der Waals surface area contributed by atoms with E-state index < -0.39 is 0 Å². The minimum atomic E-state index is 0.153. The van der Waals surface area contributed by atoms with Gasteiger partial charge in [-0.3, -0.25) is 0 Å². The second kappa shape index (κ2) is 5.31. The van der Waals surface area contributed by atoms with E-state index in [1.165, 1.54) is 6.07 Å². The Balaban J connectivity index is 2.02. The first-order valence-corrected chi connectivity index (χ1v) is 5.53. The van der Waals surface area contributed by atoms with Gasteiger partial charge in [0.05, 0.1) is 7.11 Å². The monoisotopic (exact) mass is 245 g/mol. The summed E-state index contributed by atoms with van der Waals surface area (Å²) < 4.78 is 10.7. The van der Waals surface area contributed by atoms with Crippen LogP contribution in [0.25, 0.3) is 0 Å². The largest absolute Gasteiger partial charge is 0.508 e. The van der Waals surface area contributed by atoms with Crippen molar-refractivity contribution in [1.82, 2.24) is 0 Å². The highest BCUT2D eigenvalue weighted by molar-refractivity contribution is 5.50. The summed E-state index contributed by atoms with van der Waals surface area (Å²) in [5, 5.41) is 9.25. The van der Waals surface area contributed by atoms with Crippen LogP contribution in [-0.4, -0.2) is 12.2 Å². The summed E-state index contributed by atoms with van der Waals surface area (Å²) >= 11 is 0. The van der Waals surface area contributed by atoms with Crippen LogP contribution in [0.4, 0.5) is 5.69 Å². The molecule has 0 saturated heterocycles. The summed E-state index contributed by atoms with van der Waals surface area (Å²) in [6.07, 6.45) is 0. The maximum absolute atomic E-state index is 9.25. The van der Waals surface area contributed by atoms with Crippen molar-refractivity contribution in [3.63, 3.8) is 0 Å². The average molecular weight is 245 g/mol. The van der Waals surface area contributed by atoms with Gasteiger partial charge in [-0.1, -0.05) is 0 Å². The van der Waals surface area contributed by atoms with Gasteiger partial charge < -0.3 is 20.3 Å². The van der Waals surface area contributed by atoms with Gasteiger partial charge in [0, 0.05) is 17.3 Å². The van der Waals surface area contributed by atoms with Crippen molar-refractivity contribution in [1.29, 1.82) is 0 Å². The first-order chi connectivity index (χ1) is 8.69. The minimum Gasteiger partial charge on any atom is -0.508 e. The molecule has 0 heterocycles. The number of benzene rings is 2. The highest BCUT2D eigenvalue weighted by atomic mass is 16.5. The molecule has 0 fully saturated rings. The Bertz CT molecular complexity index is 523. The molecule has 0 amide bonds. The molecular weight excluding hydrogens is 230 g/mol. The summed E-state index contributed by atoms with van der Waals surface area (Å²) in [5.74, 6) is 1.68. The van der Waals surface area contributed by atoms with Gasteiger partial charge >= 0.3 is 0 Å². The van der Waals surface area contributed by atoms with E-state index in [1.54, 1.807) is 19.2 Å². The van der Waals surface area contributed by atoms with Crippen LogP contribution in [0, 0.1) is 0 Å². The van der Waals surface area contributed by atoms with E-state index >= 15 is 0 Å². The molecule has 0 spiro atoms.